The molecule has 0 aliphatic heterocycles. The van der Waals surface area contributed by atoms with Crippen molar-refractivity contribution in [2.24, 2.45) is 0 Å². The number of rotatable bonds is 7. The zero-order valence-electron chi connectivity index (χ0n) is 15.5. The van der Waals surface area contributed by atoms with Crippen LogP contribution in [0.25, 0.3) is 23.2 Å². The highest BCUT2D eigenvalue weighted by atomic mass is 35.5. The Morgan fingerprint density at radius 3 is 2.43 bits per heavy atom. The maximum absolute atomic E-state index is 5.92. The van der Waals surface area contributed by atoms with Gasteiger partial charge in [-0.25, -0.2) is 4.98 Å². The van der Waals surface area contributed by atoms with Crippen molar-refractivity contribution < 1.29 is 4.74 Å². The first-order valence-corrected chi connectivity index (χ1v) is 9.74. The van der Waals surface area contributed by atoms with E-state index in [4.69, 9.17) is 21.3 Å². The monoisotopic (exact) mass is 388 g/mol. The standard InChI is InChI=1S/C24H21ClN2O/c25-20-12-14-21(15-13-20)28-18-6-17-27-23-10-5-4-9-22(23)26-24(27)16-11-19-7-2-1-3-8-19/h1-5,7-16H,6,17-18H2. The van der Waals surface area contributed by atoms with Gasteiger partial charge in [-0.3, -0.25) is 0 Å². The van der Waals surface area contributed by atoms with Gasteiger partial charge in [-0.1, -0.05) is 60.1 Å². The number of fused-ring (bicyclic) bond motifs is 1. The number of benzene rings is 3. The van der Waals surface area contributed by atoms with Crippen LogP contribution in [0.5, 0.6) is 5.75 Å². The first-order valence-electron chi connectivity index (χ1n) is 9.36. The van der Waals surface area contributed by atoms with E-state index in [0.717, 1.165) is 41.1 Å². The molecule has 0 aliphatic rings. The average Bonchev–Trinajstić information content (AvgIpc) is 3.09. The normalized spacial score (nSPS) is 11.3. The molecule has 0 bridgehead atoms. The van der Waals surface area contributed by atoms with Crippen LogP contribution in [0.4, 0.5) is 0 Å². The fourth-order valence-electron chi connectivity index (χ4n) is 3.13. The molecule has 0 amide bonds. The Labute approximate surface area is 169 Å². The molecule has 0 N–H and O–H groups in total. The smallest absolute Gasteiger partial charge is 0.133 e. The minimum absolute atomic E-state index is 0.635. The van der Waals surface area contributed by atoms with Gasteiger partial charge >= 0.3 is 0 Å². The van der Waals surface area contributed by atoms with Gasteiger partial charge in [0, 0.05) is 11.6 Å². The van der Waals surface area contributed by atoms with Gasteiger partial charge < -0.3 is 9.30 Å². The summed E-state index contributed by atoms with van der Waals surface area (Å²) in [6, 6.07) is 26.0. The van der Waals surface area contributed by atoms with Gasteiger partial charge in [-0.05, 0) is 54.5 Å². The van der Waals surface area contributed by atoms with Crippen LogP contribution in [0.3, 0.4) is 0 Å². The lowest BCUT2D eigenvalue weighted by molar-refractivity contribution is 0.302. The minimum Gasteiger partial charge on any atom is -0.494 e. The lowest BCUT2D eigenvalue weighted by Crippen LogP contribution is -2.06. The van der Waals surface area contributed by atoms with Crippen molar-refractivity contribution in [3.8, 4) is 5.75 Å². The summed E-state index contributed by atoms with van der Waals surface area (Å²) in [5.41, 5.74) is 3.31. The van der Waals surface area contributed by atoms with Crippen LogP contribution in [-0.2, 0) is 6.54 Å². The third-order valence-electron chi connectivity index (χ3n) is 4.52. The number of hydrogen-bond donors (Lipinski definition) is 0. The van der Waals surface area contributed by atoms with Gasteiger partial charge in [0.25, 0.3) is 0 Å². The maximum Gasteiger partial charge on any atom is 0.133 e. The summed E-state index contributed by atoms with van der Waals surface area (Å²) in [6.45, 7) is 1.47. The second-order valence-corrected chi connectivity index (χ2v) is 6.95. The molecule has 4 aromatic rings. The van der Waals surface area contributed by atoms with Crippen molar-refractivity contribution in [1.29, 1.82) is 0 Å². The van der Waals surface area contributed by atoms with Gasteiger partial charge in [-0.15, -0.1) is 0 Å². The molecule has 1 heterocycles. The van der Waals surface area contributed by atoms with E-state index in [1.165, 1.54) is 0 Å². The van der Waals surface area contributed by atoms with E-state index in [-0.39, 0.29) is 0 Å². The first-order chi connectivity index (χ1) is 13.8. The number of halogens is 1. The van der Waals surface area contributed by atoms with Crippen molar-refractivity contribution in [2.45, 2.75) is 13.0 Å². The molecule has 3 nitrogen and oxygen atoms in total. The lowest BCUT2D eigenvalue weighted by atomic mass is 10.2. The zero-order chi connectivity index (χ0) is 19.2. The molecule has 4 heteroatoms. The highest BCUT2D eigenvalue weighted by molar-refractivity contribution is 6.30. The largest absolute Gasteiger partial charge is 0.494 e. The van der Waals surface area contributed by atoms with Crippen molar-refractivity contribution in [2.75, 3.05) is 6.61 Å². The van der Waals surface area contributed by atoms with Crippen molar-refractivity contribution in [3.63, 3.8) is 0 Å². The van der Waals surface area contributed by atoms with Gasteiger partial charge in [0.2, 0.25) is 0 Å². The maximum atomic E-state index is 5.92. The fourth-order valence-corrected chi connectivity index (χ4v) is 3.26. The Balaban J connectivity index is 1.48. The number of nitrogens with zero attached hydrogens (tertiary/aromatic N) is 2. The number of hydrogen-bond acceptors (Lipinski definition) is 2. The van der Waals surface area contributed by atoms with Gasteiger partial charge in [0.15, 0.2) is 0 Å². The van der Waals surface area contributed by atoms with E-state index >= 15 is 0 Å². The van der Waals surface area contributed by atoms with Crippen LogP contribution >= 0.6 is 11.6 Å². The number of ether oxygens (including phenoxy) is 1. The Morgan fingerprint density at radius 2 is 1.61 bits per heavy atom. The highest BCUT2D eigenvalue weighted by Crippen LogP contribution is 2.19. The Bertz CT molecular complexity index is 1070. The van der Waals surface area contributed by atoms with Gasteiger partial charge in [0.1, 0.15) is 11.6 Å². The molecule has 0 saturated heterocycles. The highest BCUT2D eigenvalue weighted by Gasteiger charge is 2.08. The molecule has 0 aliphatic carbocycles. The molecule has 0 unspecified atom stereocenters. The second-order valence-electron chi connectivity index (χ2n) is 6.51. The van der Waals surface area contributed by atoms with E-state index in [1.54, 1.807) is 0 Å². The van der Waals surface area contributed by atoms with Crippen molar-refractivity contribution in [3.05, 3.63) is 95.3 Å². The third kappa shape index (κ3) is 4.44. The van der Waals surface area contributed by atoms with Crippen LogP contribution in [0, 0.1) is 0 Å². The minimum atomic E-state index is 0.635. The zero-order valence-corrected chi connectivity index (χ0v) is 16.2. The second kappa shape index (κ2) is 8.77. The van der Waals surface area contributed by atoms with E-state index in [9.17, 15) is 0 Å². The van der Waals surface area contributed by atoms with Crippen molar-refractivity contribution >= 4 is 34.8 Å². The SMILES string of the molecule is Clc1ccc(OCCCn2c(C=Cc3ccccc3)nc3ccccc32)cc1. The quantitative estimate of drug-likeness (QED) is 0.346. The number of imidazole rings is 1. The summed E-state index contributed by atoms with van der Waals surface area (Å²) in [6.07, 6.45) is 5.06. The Hall–Kier alpha value is -3.04. The summed E-state index contributed by atoms with van der Waals surface area (Å²) in [5, 5.41) is 0.715. The van der Waals surface area contributed by atoms with E-state index in [2.05, 4.69) is 47.1 Å². The van der Waals surface area contributed by atoms with Crippen LogP contribution < -0.4 is 4.74 Å². The predicted octanol–water partition coefficient (Wildman–Crippen LogP) is 6.33. The third-order valence-corrected chi connectivity index (χ3v) is 4.77. The van der Waals surface area contributed by atoms with Gasteiger partial charge in [-0.2, -0.15) is 0 Å². The molecule has 140 valence electrons. The molecule has 0 radical (unpaired) electrons. The molecule has 28 heavy (non-hydrogen) atoms. The van der Waals surface area contributed by atoms with E-state index in [1.807, 2.05) is 48.5 Å². The molecule has 0 fully saturated rings. The molecule has 0 atom stereocenters. The number of aryl methyl sites for hydroxylation is 1. The summed E-state index contributed by atoms with van der Waals surface area (Å²) in [7, 11) is 0. The molecule has 1 aromatic heterocycles. The van der Waals surface area contributed by atoms with E-state index in [0.29, 0.717) is 11.6 Å². The first kappa shape index (κ1) is 18.3. The number of aromatic nitrogens is 2. The van der Waals surface area contributed by atoms with Crippen molar-refractivity contribution in [1.82, 2.24) is 9.55 Å². The van der Waals surface area contributed by atoms with Crippen LogP contribution in [0.2, 0.25) is 5.02 Å². The molecule has 3 aromatic carbocycles. The summed E-state index contributed by atoms with van der Waals surface area (Å²) in [5.74, 6) is 1.79. The van der Waals surface area contributed by atoms with Crippen LogP contribution in [0.1, 0.15) is 17.8 Å². The molecular weight excluding hydrogens is 368 g/mol. The summed E-state index contributed by atoms with van der Waals surface area (Å²) < 4.78 is 8.08. The Kier molecular flexibility index (Phi) is 5.74. The fraction of sp³-hybridized carbons (Fsp3) is 0.125. The summed E-state index contributed by atoms with van der Waals surface area (Å²) in [4.78, 5) is 4.80. The number of para-hydroxylation sites is 2. The lowest BCUT2D eigenvalue weighted by Gasteiger charge is -2.09. The topological polar surface area (TPSA) is 27.1 Å². The molecule has 0 saturated carbocycles. The van der Waals surface area contributed by atoms with Crippen LogP contribution in [0.15, 0.2) is 78.9 Å². The predicted molar refractivity (Wildman–Crippen MR) is 117 cm³/mol. The average molecular weight is 389 g/mol. The molecule has 4 rings (SSSR count). The van der Waals surface area contributed by atoms with Gasteiger partial charge in [0.05, 0.1) is 17.6 Å². The summed E-state index contributed by atoms with van der Waals surface area (Å²) >= 11 is 5.92. The van der Waals surface area contributed by atoms with E-state index < -0.39 is 0 Å². The Morgan fingerprint density at radius 1 is 0.857 bits per heavy atom. The molecule has 0 spiro atoms. The molecular formula is C24H21ClN2O. The van der Waals surface area contributed by atoms with Crippen LogP contribution in [-0.4, -0.2) is 16.2 Å².